The summed E-state index contributed by atoms with van der Waals surface area (Å²) in [6, 6.07) is -2.17. The van der Waals surface area contributed by atoms with Crippen LogP contribution < -0.4 is 5.32 Å². The quantitative estimate of drug-likeness (QED) is 0.803. The predicted molar refractivity (Wildman–Crippen MR) is 79.3 cm³/mol. The number of rotatable bonds is 6. The van der Waals surface area contributed by atoms with Crippen LogP contribution in [0.2, 0.25) is 0 Å². The fourth-order valence-corrected chi connectivity index (χ4v) is 3.01. The highest BCUT2D eigenvalue weighted by Gasteiger charge is 2.46. The number of carboxylic acids is 1. The summed E-state index contributed by atoms with van der Waals surface area (Å²) in [5, 5.41) is 12.2. The van der Waals surface area contributed by atoms with Crippen molar-refractivity contribution in [2.45, 2.75) is 45.7 Å². The molecule has 1 aromatic heterocycles. The molecule has 2 rings (SSSR count). The van der Waals surface area contributed by atoms with Crippen molar-refractivity contribution in [1.82, 2.24) is 15.2 Å². The van der Waals surface area contributed by atoms with E-state index in [-0.39, 0.29) is 24.1 Å². The van der Waals surface area contributed by atoms with E-state index in [0.717, 1.165) is 4.90 Å². The normalized spacial score (nSPS) is 19.8. The van der Waals surface area contributed by atoms with Crippen molar-refractivity contribution in [2.24, 2.45) is 5.92 Å². The number of carbonyl (C=O) groups excluding carboxylic acids is 2. The summed E-state index contributed by atoms with van der Waals surface area (Å²) in [5.41, 5.74) is 0.119. The van der Waals surface area contributed by atoms with E-state index in [9.17, 15) is 19.5 Å². The zero-order valence-electron chi connectivity index (χ0n) is 13.4. The number of carbonyl (C=O) groups is 3. The van der Waals surface area contributed by atoms with Crippen LogP contribution in [0.5, 0.6) is 0 Å². The zero-order chi connectivity index (χ0) is 17.1. The van der Waals surface area contributed by atoms with E-state index in [4.69, 9.17) is 4.42 Å². The Balaban J connectivity index is 2.49. The topological polar surface area (TPSA) is 113 Å². The van der Waals surface area contributed by atoms with E-state index in [0.29, 0.717) is 18.7 Å². The maximum Gasteiger partial charge on any atom is 0.332 e. The number of nitrogens with zero attached hydrogens (tertiary/aromatic N) is 2. The molecule has 0 aliphatic carbocycles. The molecule has 1 saturated heterocycles. The number of hydrogen-bond donors (Lipinski definition) is 2. The average molecular weight is 323 g/mol. The van der Waals surface area contributed by atoms with Crippen molar-refractivity contribution in [2.75, 3.05) is 6.54 Å². The van der Waals surface area contributed by atoms with E-state index < -0.39 is 24.0 Å². The highest BCUT2D eigenvalue weighted by atomic mass is 16.4. The minimum Gasteiger partial charge on any atom is -0.479 e. The molecule has 1 unspecified atom stereocenters. The number of hydrogen-bond acceptors (Lipinski definition) is 5. The number of carboxylic acid groups (broad SMARTS) is 1. The van der Waals surface area contributed by atoms with Gasteiger partial charge < -0.3 is 19.7 Å². The van der Waals surface area contributed by atoms with Gasteiger partial charge in [-0.25, -0.2) is 9.78 Å². The smallest absolute Gasteiger partial charge is 0.332 e. The molecule has 0 aromatic carbocycles. The van der Waals surface area contributed by atoms with Crippen LogP contribution in [0.4, 0.5) is 0 Å². The molecule has 8 heteroatoms. The number of piperazine rings is 1. The van der Waals surface area contributed by atoms with E-state index in [1.807, 2.05) is 13.8 Å². The summed E-state index contributed by atoms with van der Waals surface area (Å²) in [7, 11) is 0. The third-order valence-corrected chi connectivity index (χ3v) is 4.19. The van der Waals surface area contributed by atoms with Gasteiger partial charge in [0, 0.05) is 6.92 Å². The number of aromatic nitrogens is 1. The van der Waals surface area contributed by atoms with Crippen molar-refractivity contribution >= 4 is 17.8 Å². The second-order valence-corrected chi connectivity index (χ2v) is 5.57. The van der Waals surface area contributed by atoms with Crippen LogP contribution in [0, 0.1) is 12.8 Å². The average Bonchev–Trinajstić information content (AvgIpc) is 2.92. The standard InChI is InChI=1S/C15H21N3O5/c1-4-9(5-2)12-14(20)16-6-11(19)18(12)13(15(21)22)10-7-23-8(3)17-10/h7,9,12-13H,4-6H2,1-3H3,(H,16,20)(H,21,22)/t12-,13?/m1/s1. The molecule has 126 valence electrons. The van der Waals surface area contributed by atoms with Crippen LogP contribution in [0.25, 0.3) is 0 Å². The van der Waals surface area contributed by atoms with Crippen LogP contribution in [-0.4, -0.2) is 45.4 Å². The Morgan fingerprint density at radius 2 is 2.13 bits per heavy atom. The maximum atomic E-state index is 12.4. The van der Waals surface area contributed by atoms with Crippen LogP contribution in [0.1, 0.15) is 44.3 Å². The first kappa shape index (κ1) is 17.0. The summed E-state index contributed by atoms with van der Waals surface area (Å²) in [6.07, 6.45) is 2.53. The molecule has 1 aliphatic heterocycles. The summed E-state index contributed by atoms with van der Waals surface area (Å²) in [6.45, 7) is 5.20. The van der Waals surface area contributed by atoms with Gasteiger partial charge in [0.25, 0.3) is 0 Å². The Morgan fingerprint density at radius 3 is 2.61 bits per heavy atom. The molecule has 0 spiro atoms. The Morgan fingerprint density at radius 1 is 1.48 bits per heavy atom. The summed E-state index contributed by atoms with van der Waals surface area (Å²) >= 11 is 0. The first-order valence-corrected chi connectivity index (χ1v) is 7.64. The SMILES string of the molecule is CCC(CC)[C@@H]1C(=O)NCC(=O)N1C(C(=O)O)c1coc(C)n1. The van der Waals surface area contributed by atoms with Gasteiger partial charge >= 0.3 is 5.97 Å². The molecule has 0 radical (unpaired) electrons. The molecule has 2 amide bonds. The van der Waals surface area contributed by atoms with Crippen LogP contribution in [-0.2, 0) is 14.4 Å². The van der Waals surface area contributed by atoms with Gasteiger partial charge in [-0.1, -0.05) is 26.7 Å². The Bertz CT molecular complexity index is 608. The second-order valence-electron chi connectivity index (χ2n) is 5.57. The number of aliphatic carboxylic acids is 1. The van der Waals surface area contributed by atoms with Crippen molar-refractivity contribution in [3.63, 3.8) is 0 Å². The lowest BCUT2D eigenvalue weighted by Crippen LogP contribution is -2.62. The first-order chi connectivity index (χ1) is 10.9. The summed E-state index contributed by atoms with van der Waals surface area (Å²) in [4.78, 5) is 41.7. The van der Waals surface area contributed by atoms with Crippen LogP contribution >= 0.6 is 0 Å². The molecule has 2 heterocycles. The zero-order valence-corrected chi connectivity index (χ0v) is 13.4. The third kappa shape index (κ3) is 3.20. The predicted octanol–water partition coefficient (Wildman–Crippen LogP) is 0.872. The molecule has 8 nitrogen and oxygen atoms in total. The Kier molecular flexibility index (Phi) is 5.02. The molecule has 1 aromatic rings. The summed E-state index contributed by atoms with van der Waals surface area (Å²) < 4.78 is 5.08. The second kappa shape index (κ2) is 6.80. The monoisotopic (exact) mass is 323 g/mol. The fraction of sp³-hybridized carbons (Fsp3) is 0.600. The van der Waals surface area contributed by atoms with Crippen molar-refractivity contribution in [1.29, 1.82) is 0 Å². The number of nitrogens with one attached hydrogen (secondary N) is 1. The highest BCUT2D eigenvalue weighted by molar-refractivity contribution is 5.97. The molecular formula is C15H21N3O5. The largest absolute Gasteiger partial charge is 0.479 e. The number of aryl methyl sites for hydroxylation is 1. The lowest BCUT2D eigenvalue weighted by molar-refractivity contribution is -0.160. The molecule has 0 saturated carbocycles. The van der Waals surface area contributed by atoms with Crippen molar-refractivity contribution in [3.8, 4) is 0 Å². The van der Waals surface area contributed by atoms with Gasteiger partial charge in [0.2, 0.25) is 11.8 Å². The van der Waals surface area contributed by atoms with Gasteiger partial charge in [-0.2, -0.15) is 0 Å². The van der Waals surface area contributed by atoms with Gasteiger partial charge in [0.1, 0.15) is 18.0 Å². The van der Waals surface area contributed by atoms with Gasteiger partial charge in [0.15, 0.2) is 11.9 Å². The van der Waals surface area contributed by atoms with Gasteiger partial charge in [-0.15, -0.1) is 0 Å². The van der Waals surface area contributed by atoms with E-state index >= 15 is 0 Å². The minimum atomic E-state index is -1.34. The van der Waals surface area contributed by atoms with E-state index in [1.54, 1.807) is 6.92 Å². The maximum absolute atomic E-state index is 12.4. The fourth-order valence-electron chi connectivity index (χ4n) is 3.01. The molecule has 1 fully saturated rings. The molecule has 1 aliphatic rings. The van der Waals surface area contributed by atoms with Gasteiger partial charge in [0.05, 0.1) is 6.54 Å². The van der Waals surface area contributed by atoms with Crippen LogP contribution in [0.3, 0.4) is 0 Å². The van der Waals surface area contributed by atoms with Crippen LogP contribution in [0.15, 0.2) is 10.7 Å². The molecule has 2 N–H and O–H groups in total. The lowest BCUT2D eigenvalue weighted by atomic mass is 9.89. The van der Waals surface area contributed by atoms with Crippen molar-refractivity contribution < 1.29 is 23.9 Å². The van der Waals surface area contributed by atoms with E-state index in [1.165, 1.54) is 6.26 Å². The number of oxazole rings is 1. The molecule has 0 bridgehead atoms. The highest BCUT2D eigenvalue weighted by Crippen LogP contribution is 2.30. The summed E-state index contributed by atoms with van der Waals surface area (Å²) in [5.74, 6) is -1.83. The third-order valence-electron chi connectivity index (χ3n) is 4.19. The first-order valence-electron chi connectivity index (χ1n) is 7.64. The number of amides is 2. The molecule has 23 heavy (non-hydrogen) atoms. The minimum absolute atomic E-state index is 0.119. The molecular weight excluding hydrogens is 302 g/mol. The van der Waals surface area contributed by atoms with E-state index in [2.05, 4.69) is 10.3 Å². The Hall–Kier alpha value is -2.38. The van der Waals surface area contributed by atoms with Gasteiger partial charge in [-0.3, -0.25) is 9.59 Å². The lowest BCUT2D eigenvalue weighted by Gasteiger charge is -2.41. The molecule has 2 atom stereocenters. The van der Waals surface area contributed by atoms with Gasteiger partial charge in [-0.05, 0) is 5.92 Å². The van der Waals surface area contributed by atoms with Crippen molar-refractivity contribution in [3.05, 3.63) is 17.8 Å². The Labute approximate surface area is 133 Å².